The summed E-state index contributed by atoms with van der Waals surface area (Å²) in [5, 5.41) is 11.0. The monoisotopic (exact) mass is 791 g/mol. The Balaban J connectivity index is 1.01. The van der Waals surface area contributed by atoms with Crippen molar-refractivity contribution in [2.75, 3.05) is 0 Å². The fraction of sp³-hybridized carbons (Fsp3) is 0. The Morgan fingerprint density at radius 3 is 1.58 bits per heavy atom. The van der Waals surface area contributed by atoms with Crippen molar-refractivity contribution in [2.45, 2.75) is 0 Å². The van der Waals surface area contributed by atoms with Crippen molar-refractivity contribution in [3.63, 3.8) is 0 Å². The Hall–Kier alpha value is -8.41. The average Bonchev–Trinajstić information content (AvgIpc) is 3.90. The largest absolute Gasteiger partial charge is 0.456 e. The molecule has 0 bridgehead atoms. The van der Waals surface area contributed by atoms with Crippen LogP contribution < -0.4 is 0 Å². The maximum absolute atomic E-state index is 6.32. The third-order valence-corrected chi connectivity index (χ3v) is 12.3. The summed E-state index contributed by atoms with van der Waals surface area (Å²) in [6.07, 6.45) is 0. The molecule has 0 unspecified atom stereocenters. The van der Waals surface area contributed by atoms with Crippen LogP contribution in [0.1, 0.15) is 0 Å². The molecule has 10 aromatic carbocycles. The second-order valence-corrected chi connectivity index (χ2v) is 15.9. The first-order valence-electron chi connectivity index (χ1n) is 20.8. The van der Waals surface area contributed by atoms with Gasteiger partial charge in [0.05, 0.1) is 0 Å². The van der Waals surface area contributed by atoms with E-state index in [1.165, 1.54) is 5.56 Å². The van der Waals surface area contributed by atoms with Crippen molar-refractivity contribution in [2.24, 2.45) is 0 Å². The predicted octanol–water partition coefficient (Wildman–Crippen LogP) is 15.5. The van der Waals surface area contributed by atoms with Crippen molar-refractivity contribution in [3.8, 4) is 56.4 Å². The highest BCUT2D eigenvalue weighted by atomic mass is 16.3. The molecule has 5 nitrogen and oxygen atoms in total. The molecular weight excluding hydrogens is 759 g/mol. The third-order valence-electron chi connectivity index (χ3n) is 12.3. The number of para-hydroxylation sites is 2. The van der Waals surface area contributed by atoms with Gasteiger partial charge < -0.3 is 8.83 Å². The van der Waals surface area contributed by atoms with Gasteiger partial charge in [-0.2, -0.15) is 0 Å². The summed E-state index contributed by atoms with van der Waals surface area (Å²) in [6.45, 7) is 0. The van der Waals surface area contributed by atoms with Gasteiger partial charge in [-0.1, -0.05) is 152 Å². The lowest BCUT2D eigenvalue weighted by Gasteiger charge is -2.13. The lowest BCUT2D eigenvalue weighted by atomic mass is 9.93. The van der Waals surface area contributed by atoms with Crippen LogP contribution in [0.25, 0.3) is 133 Å². The molecule has 5 heteroatoms. The van der Waals surface area contributed by atoms with Crippen molar-refractivity contribution in [1.82, 2.24) is 15.0 Å². The summed E-state index contributed by atoms with van der Waals surface area (Å²) in [5.74, 6) is 1.80. The van der Waals surface area contributed by atoms with Crippen LogP contribution in [0.15, 0.2) is 209 Å². The van der Waals surface area contributed by atoms with Crippen molar-refractivity contribution in [3.05, 3.63) is 200 Å². The van der Waals surface area contributed by atoms with Gasteiger partial charge in [0.25, 0.3) is 0 Å². The highest BCUT2D eigenvalue weighted by Crippen LogP contribution is 2.41. The van der Waals surface area contributed by atoms with Gasteiger partial charge in [0.15, 0.2) is 17.5 Å². The number of benzene rings is 10. The second kappa shape index (κ2) is 13.6. The van der Waals surface area contributed by atoms with Gasteiger partial charge in [-0.15, -0.1) is 0 Å². The van der Waals surface area contributed by atoms with Crippen molar-refractivity contribution >= 4 is 76.2 Å². The molecule has 13 rings (SSSR count). The molecule has 0 saturated carbocycles. The van der Waals surface area contributed by atoms with Crippen LogP contribution in [0.3, 0.4) is 0 Å². The number of rotatable bonds is 5. The zero-order chi connectivity index (χ0) is 40.7. The predicted molar refractivity (Wildman–Crippen MR) is 254 cm³/mol. The second-order valence-electron chi connectivity index (χ2n) is 15.9. The van der Waals surface area contributed by atoms with Gasteiger partial charge in [0.1, 0.15) is 22.3 Å². The number of furan rings is 2. The minimum Gasteiger partial charge on any atom is -0.456 e. The number of hydrogen-bond acceptors (Lipinski definition) is 5. The lowest BCUT2D eigenvalue weighted by Crippen LogP contribution is -2.01. The van der Waals surface area contributed by atoms with Gasteiger partial charge in [0, 0.05) is 38.2 Å². The number of hydrogen-bond donors (Lipinski definition) is 0. The highest BCUT2D eigenvalue weighted by Gasteiger charge is 2.19. The fourth-order valence-corrected chi connectivity index (χ4v) is 9.30. The summed E-state index contributed by atoms with van der Waals surface area (Å²) in [4.78, 5) is 15.8. The van der Waals surface area contributed by atoms with Gasteiger partial charge in [-0.25, -0.2) is 15.0 Å². The van der Waals surface area contributed by atoms with Crippen LogP contribution in [0.4, 0.5) is 0 Å². The SMILES string of the molecule is c1ccc(-c2ccc3ccc(-c4nc(-c5ccc6cc7c(cc6c5)oc5ccccc57)nc(-c5cccc6c(-c7cccc8oc9ccccc9c78)cccc56)n4)cc3c2)cc1. The van der Waals surface area contributed by atoms with E-state index in [9.17, 15) is 0 Å². The van der Waals surface area contributed by atoms with E-state index in [1.54, 1.807) is 0 Å². The summed E-state index contributed by atoms with van der Waals surface area (Å²) in [7, 11) is 0. The van der Waals surface area contributed by atoms with Crippen molar-refractivity contribution in [1.29, 1.82) is 0 Å². The first-order chi connectivity index (χ1) is 30.7. The van der Waals surface area contributed by atoms with Crippen LogP contribution in [-0.2, 0) is 0 Å². The fourth-order valence-electron chi connectivity index (χ4n) is 9.30. The highest BCUT2D eigenvalue weighted by molar-refractivity contribution is 6.16. The van der Waals surface area contributed by atoms with Gasteiger partial charge >= 0.3 is 0 Å². The first-order valence-corrected chi connectivity index (χ1v) is 20.8. The Morgan fingerprint density at radius 1 is 0.258 bits per heavy atom. The molecule has 0 aliphatic carbocycles. The smallest absolute Gasteiger partial charge is 0.164 e. The van der Waals surface area contributed by atoms with E-state index in [0.717, 1.165) is 110 Å². The van der Waals surface area contributed by atoms with Crippen LogP contribution in [0.5, 0.6) is 0 Å². The van der Waals surface area contributed by atoms with E-state index in [4.69, 9.17) is 23.8 Å². The molecule has 0 fully saturated rings. The van der Waals surface area contributed by atoms with Crippen molar-refractivity contribution < 1.29 is 8.83 Å². The van der Waals surface area contributed by atoms with Gasteiger partial charge in [-0.3, -0.25) is 0 Å². The Kier molecular flexibility index (Phi) is 7.54. The van der Waals surface area contributed by atoms with E-state index >= 15 is 0 Å². The van der Waals surface area contributed by atoms with Crippen LogP contribution in [0.2, 0.25) is 0 Å². The van der Waals surface area contributed by atoms with Crippen LogP contribution in [-0.4, -0.2) is 15.0 Å². The molecule has 0 amide bonds. The normalized spacial score (nSPS) is 11.9. The maximum Gasteiger partial charge on any atom is 0.164 e. The first kappa shape index (κ1) is 34.5. The average molecular weight is 792 g/mol. The third kappa shape index (κ3) is 5.52. The van der Waals surface area contributed by atoms with E-state index in [2.05, 4.69) is 164 Å². The molecule has 0 saturated heterocycles. The molecule has 13 aromatic rings. The van der Waals surface area contributed by atoms with Gasteiger partial charge in [-0.05, 0) is 103 Å². The molecule has 0 radical (unpaired) electrons. The molecular formula is C57H33N3O2. The Labute approximate surface area is 355 Å². The molecule has 3 aromatic heterocycles. The number of nitrogens with zero attached hydrogens (tertiary/aromatic N) is 3. The molecule has 62 heavy (non-hydrogen) atoms. The topological polar surface area (TPSA) is 65.0 Å². The molecule has 0 N–H and O–H groups in total. The Bertz CT molecular complexity index is 3940. The quantitative estimate of drug-likeness (QED) is 0.174. The minimum absolute atomic E-state index is 0.595. The molecule has 0 atom stereocenters. The molecule has 3 heterocycles. The maximum atomic E-state index is 6.32. The van der Waals surface area contributed by atoms with E-state index in [0.29, 0.717) is 17.5 Å². The minimum atomic E-state index is 0.595. The molecule has 0 spiro atoms. The molecule has 288 valence electrons. The molecule has 0 aliphatic rings. The van der Waals surface area contributed by atoms with E-state index in [1.807, 2.05) is 36.4 Å². The zero-order valence-electron chi connectivity index (χ0n) is 33.2. The number of fused-ring (bicyclic) bond motifs is 9. The molecule has 0 aliphatic heterocycles. The van der Waals surface area contributed by atoms with Crippen LogP contribution in [0, 0.1) is 0 Å². The van der Waals surface area contributed by atoms with E-state index in [-0.39, 0.29) is 0 Å². The summed E-state index contributed by atoms with van der Waals surface area (Å²) < 4.78 is 12.6. The van der Waals surface area contributed by atoms with E-state index < -0.39 is 0 Å². The zero-order valence-corrected chi connectivity index (χ0v) is 33.2. The summed E-state index contributed by atoms with van der Waals surface area (Å²) >= 11 is 0. The van der Waals surface area contributed by atoms with Gasteiger partial charge in [0.2, 0.25) is 0 Å². The Morgan fingerprint density at radius 2 is 0.790 bits per heavy atom. The summed E-state index contributed by atoms with van der Waals surface area (Å²) in [5.41, 5.74) is 10.8. The number of aromatic nitrogens is 3. The summed E-state index contributed by atoms with van der Waals surface area (Å²) in [6, 6.07) is 70.0. The lowest BCUT2D eigenvalue weighted by molar-refractivity contribution is 0.669. The van der Waals surface area contributed by atoms with Crippen LogP contribution >= 0.6 is 0 Å². The standard InChI is InChI=1S/C57H33N3O2/c1-2-11-34(12-3-1)36-25-23-35-24-27-38(30-40(35)29-36)55-58-56(39-28-26-37-32-49-45-13-4-6-20-50(45)62-53(49)33-41(37)31-39)60-57(59-55)47-19-9-15-42-43(16-8-17-44(42)47)46-18-10-22-52-54(46)48-14-5-7-21-51(48)61-52/h1-33H.